The summed E-state index contributed by atoms with van der Waals surface area (Å²) in [5, 5.41) is 9.25. The van der Waals surface area contributed by atoms with E-state index >= 15 is 0 Å². The Balaban J connectivity index is 0. The molecule has 0 amide bonds. The molecular formula is C19H42BrNO. The summed E-state index contributed by atoms with van der Waals surface area (Å²) in [5.41, 5.74) is 0. The van der Waals surface area contributed by atoms with Crippen LogP contribution in [0.15, 0.2) is 0 Å². The minimum absolute atomic E-state index is 0. The van der Waals surface area contributed by atoms with Gasteiger partial charge in [0.25, 0.3) is 0 Å². The quantitative estimate of drug-likeness (QED) is 0.321. The highest BCUT2D eigenvalue weighted by molar-refractivity contribution is 4.49. The Morgan fingerprint density at radius 3 is 1.45 bits per heavy atom. The number of unbranched alkanes of at least 4 members (excludes halogenated alkanes) is 10. The van der Waals surface area contributed by atoms with Gasteiger partial charge in [0.15, 0.2) is 0 Å². The molecule has 0 rings (SSSR count). The number of aliphatic hydroxyl groups is 1. The van der Waals surface area contributed by atoms with E-state index < -0.39 is 0 Å². The van der Waals surface area contributed by atoms with Crippen LogP contribution in [0.5, 0.6) is 0 Å². The average Bonchev–Trinajstić information content (AvgIpc) is 2.47. The second-order valence-corrected chi connectivity index (χ2v) is 7.05. The number of nitrogens with zero attached hydrogens (tertiary/aromatic N) is 1. The summed E-state index contributed by atoms with van der Waals surface area (Å²) in [5.74, 6) is 0. The molecule has 1 N–H and O–H groups in total. The van der Waals surface area contributed by atoms with Crippen molar-refractivity contribution in [3.05, 3.63) is 0 Å². The van der Waals surface area contributed by atoms with Crippen molar-refractivity contribution in [2.24, 2.45) is 0 Å². The Bertz CT molecular complexity index is 214. The van der Waals surface area contributed by atoms with Gasteiger partial charge in [-0.15, -0.1) is 0 Å². The van der Waals surface area contributed by atoms with Crippen LogP contribution in [0.25, 0.3) is 0 Å². The predicted molar refractivity (Wildman–Crippen MR) is 94.6 cm³/mol. The minimum Gasteiger partial charge on any atom is -1.00 e. The van der Waals surface area contributed by atoms with Crippen molar-refractivity contribution < 1.29 is 26.6 Å². The second-order valence-electron chi connectivity index (χ2n) is 7.05. The Morgan fingerprint density at radius 2 is 1.00 bits per heavy atom. The molecule has 0 radical (unpaired) electrons. The van der Waals surface area contributed by atoms with Gasteiger partial charge in [-0.25, -0.2) is 0 Å². The first-order valence-electron chi connectivity index (χ1n) is 9.63. The molecule has 0 aliphatic heterocycles. The first-order chi connectivity index (χ1) is 10.2. The molecule has 0 heterocycles. The van der Waals surface area contributed by atoms with Crippen LogP contribution in [-0.2, 0) is 0 Å². The summed E-state index contributed by atoms with van der Waals surface area (Å²) in [4.78, 5) is 0. The highest BCUT2D eigenvalue weighted by Crippen LogP contribution is 2.13. The van der Waals surface area contributed by atoms with E-state index in [-0.39, 0.29) is 17.0 Å². The van der Waals surface area contributed by atoms with Crippen molar-refractivity contribution >= 4 is 0 Å². The smallest absolute Gasteiger partial charge is 0.102 e. The number of likely N-dealkylation sites (N-methyl/N-ethyl adjacent to an activating group) is 1. The molecule has 0 aromatic heterocycles. The largest absolute Gasteiger partial charge is 1.00 e. The van der Waals surface area contributed by atoms with Gasteiger partial charge in [-0.1, -0.05) is 71.6 Å². The fourth-order valence-corrected chi connectivity index (χ4v) is 3.10. The number of quaternary nitrogens is 1. The molecule has 0 aliphatic rings. The van der Waals surface area contributed by atoms with E-state index in [1.165, 1.54) is 90.1 Å². The Hall–Kier alpha value is 0.400. The predicted octanol–water partition coefficient (Wildman–Crippen LogP) is 2.15. The van der Waals surface area contributed by atoms with Gasteiger partial charge in [-0.2, -0.15) is 0 Å². The van der Waals surface area contributed by atoms with Gasteiger partial charge >= 0.3 is 0 Å². The third kappa shape index (κ3) is 15.3. The SMILES string of the molecule is CCCCCCCCCCCC[N+](C)(CCO)CCCC.[Br-]. The van der Waals surface area contributed by atoms with Crippen molar-refractivity contribution in [1.29, 1.82) is 0 Å². The third-order valence-corrected chi connectivity index (χ3v) is 4.74. The minimum atomic E-state index is 0. The third-order valence-electron chi connectivity index (χ3n) is 4.74. The van der Waals surface area contributed by atoms with Crippen LogP contribution >= 0.6 is 0 Å². The maximum atomic E-state index is 9.25. The fourth-order valence-electron chi connectivity index (χ4n) is 3.10. The van der Waals surface area contributed by atoms with E-state index in [2.05, 4.69) is 20.9 Å². The van der Waals surface area contributed by atoms with Gasteiger partial charge in [-0.05, 0) is 19.3 Å². The van der Waals surface area contributed by atoms with Gasteiger partial charge in [-0.3, -0.25) is 0 Å². The van der Waals surface area contributed by atoms with E-state index in [0.29, 0.717) is 6.61 Å². The zero-order valence-electron chi connectivity index (χ0n) is 15.6. The normalized spacial score (nSPS) is 13.6. The molecule has 0 fully saturated rings. The van der Waals surface area contributed by atoms with Gasteiger partial charge < -0.3 is 26.6 Å². The number of rotatable bonds is 16. The highest BCUT2D eigenvalue weighted by atomic mass is 79.9. The standard InChI is InChI=1S/C19H42NO.BrH/c1-4-6-8-9-10-11-12-13-14-15-17-20(3,18-19-21)16-7-5-2;/h21H,4-19H2,1-3H3;1H/q+1;/p-1. The lowest BCUT2D eigenvalue weighted by molar-refractivity contribution is -0.910. The van der Waals surface area contributed by atoms with Crippen LogP contribution < -0.4 is 17.0 Å². The van der Waals surface area contributed by atoms with Crippen LogP contribution in [0, 0.1) is 0 Å². The average molecular weight is 380 g/mol. The summed E-state index contributed by atoms with van der Waals surface area (Å²) in [7, 11) is 2.32. The number of halogens is 1. The molecule has 1 unspecified atom stereocenters. The van der Waals surface area contributed by atoms with Crippen molar-refractivity contribution in [3.8, 4) is 0 Å². The zero-order valence-corrected chi connectivity index (χ0v) is 17.2. The fraction of sp³-hybridized carbons (Fsp3) is 1.00. The topological polar surface area (TPSA) is 20.2 Å². The van der Waals surface area contributed by atoms with Crippen LogP contribution in [0.1, 0.15) is 90.9 Å². The molecule has 3 heteroatoms. The Labute approximate surface area is 151 Å². The molecule has 0 saturated carbocycles. The van der Waals surface area contributed by atoms with Crippen LogP contribution in [0.2, 0.25) is 0 Å². The van der Waals surface area contributed by atoms with Crippen molar-refractivity contribution in [1.82, 2.24) is 0 Å². The van der Waals surface area contributed by atoms with Crippen LogP contribution in [0.4, 0.5) is 0 Å². The van der Waals surface area contributed by atoms with Crippen molar-refractivity contribution in [2.75, 3.05) is 33.3 Å². The van der Waals surface area contributed by atoms with E-state index in [4.69, 9.17) is 0 Å². The number of hydrogen-bond donors (Lipinski definition) is 1. The van der Waals surface area contributed by atoms with Crippen LogP contribution in [-0.4, -0.2) is 42.9 Å². The summed E-state index contributed by atoms with van der Waals surface area (Å²) in [6, 6.07) is 0. The van der Waals surface area contributed by atoms with E-state index in [0.717, 1.165) is 11.0 Å². The first kappa shape index (κ1) is 24.6. The molecule has 22 heavy (non-hydrogen) atoms. The first-order valence-corrected chi connectivity index (χ1v) is 9.63. The van der Waals surface area contributed by atoms with Gasteiger partial charge in [0.2, 0.25) is 0 Å². The Morgan fingerprint density at radius 1 is 0.591 bits per heavy atom. The molecule has 0 bridgehead atoms. The molecular weight excluding hydrogens is 338 g/mol. The monoisotopic (exact) mass is 379 g/mol. The highest BCUT2D eigenvalue weighted by Gasteiger charge is 2.19. The molecule has 0 aromatic rings. The van der Waals surface area contributed by atoms with Gasteiger partial charge in [0.05, 0.1) is 26.7 Å². The summed E-state index contributed by atoms with van der Waals surface area (Å²) >= 11 is 0. The summed E-state index contributed by atoms with van der Waals surface area (Å²) in [6.07, 6.45) is 16.6. The second kappa shape index (κ2) is 17.7. The van der Waals surface area contributed by atoms with E-state index in [1.807, 2.05) is 0 Å². The molecule has 0 aromatic carbocycles. The lowest BCUT2D eigenvalue weighted by Gasteiger charge is -2.34. The lowest BCUT2D eigenvalue weighted by Crippen LogP contribution is -3.00. The molecule has 0 saturated heterocycles. The van der Waals surface area contributed by atoms with Gasteiger partial charge in [0.1, 0.15) is 6.54 Å². The van der Waals surface area contributed by atoms with Gasteiger partial charge in [0, 0.05) is 0 Å². The van der Waals surface area contributed by atoms with E-state index in [9.17, 15) is 5.11 Å². The molecule has 0 aliphatic carbocycles. The van der Waals surface area contributed by atoms with E-state index in [1.54, 1.807) is 0 Å². The van der Waals surface area contributed by atoms with Crippen molar-refractivity contribution in [3.63, 3.8) is 0 Å². The molecule has 0 spiro atoms. The number of aliphatic hydroxyl groups excluding tert-OH is 1. The molecule has 1 atom stereocenters. The Kier molecular flexibility index (Phi) is 19.9. The molecule has 2 nitrogen and oxygen atoms in total. The maximum Gasteiger partial charge on any atom is 0.102 e. The summed E-state index contributed by atoms with van der Waals surface area (Å²) in [6.45, 7) is 8.27. The summed E-state index contributed by atoms with van der Waals surface area (Å²) < 4.78 is 1.07. The van der Waals surface area contributed by atoms with Crippen molar-refractivity contribution in [2.45, 2.75) is 90.9 Å². The lowest BCUT2D eigenvalue weighted by atomic mass is 10.1. The van der Waals surface area contributed by atoms with Crippen LogP contribution in [0.3, 0.4) is 0 Å². The maximum absolute atomic E-state index is 9.25. The molecule has 136 valence electrons. The zero-order chi connectivity index (χ0) is 15.8. The number of hydrogen-bond acceptors (Lipinski definition) is 1.